The number of aliphatic carboxylic acids is 1. The number of fused-ring (bicyclic) bond motifs is 1. The maximum atomic E-state index is 11.8. The van der Waals surface area contributed by atoms with Gasteiger partial charge in [0.05, 0.1) is 0 Å². The fourth-order valence-electron chi connectivity index (χ4n) is 2.65. The van der Waals surface area contributed by atoms with Crippen LogP contribution in [0.1, 0.15) is 54.0 Å². The van der Waals surface area contributed by atoms with Gasteiger partial charge in [-0.2, -0.15) is 0 Å². The van der Waals surface area contributed by atoms with E-state index in [-0.39, 0.29) is 5.78 Å². The summed E-state index contributed by atoms with van der Waals surface area (Å²) < 4.78 is 1.83. The van der Waals surface area contributed by atoms with Gasteiger partial charge in [-0.15, -0.1) is 0 Å². The first kappa shape index (κ1) is 11.9. The summed E-state index contributed by atoms with van der Waals surface area (Å²) in [4.78, 5) is 23.0. The molecule has 92 valence electrons. The van der Waals surface area contributed by atoms with Crippen LogP contribution in [0.25, 0.3) is 0 Å². The Morgan fingerprint density at radius 1 is 1.53 bits per heavy atom. The predicted molar refractivity (Wildman–Crippen MR) is 63.4 cm³/mol. The van der Waals surface area contributed by atoms with Crippen LogP contribution in [0.3, 0.4) is 0 Å². The lowest BCUT2D eigenvalue weighted by Crippen LogP contribution is -2.23. The molecule has 1 atom stereocenters. The minimum Gasteiger partial charge on any atom is -0.480 e. The molecule has 17 heavy (non-hydrogen) atoms. The Bertz CT molecular complexity index is 473. The van der Waals surface area contributed by atoms with Crippen molar-refractivity contribution in [2.75, 3.05) is 0 Å². The van der Waals surface area contributed by atoms with Crippen molar-refractivity contribution in [3.05, 3.63) is 23.0 Å². The average Bonchev–Trinajstić information content (AvgIpc) is 2.59. The molecule has 1 heterocycles. The molecule has 0 fully saturated rings. The second-order valence-corrected chi connectivity index (χ2v) is 4.56. The van der Waals surface area contributed by atoms with Gasteiger partial charge in [-0.25, -0.2) is 4.79 Å². The molecule has 2 rings (SSSR count). The lowest BCUT2D eigenvalue weighted by Gasteiger charge is -2.20. The van der Waals surface area contributed by atoms with Crippen molar-refractivity contribution in [1.82, 2.24) is 4.57 Å². The topological polar surface area (TPSA) is 59.3 Å². The first-order chi connectivity index (χ1) is 8.06. The number of carbonyl (C=O) groups is 2. The van der Waals surface area contributed by atoms with Gasteiger partial charge in [-0.1, -0.05) is 6.92 Å². The predicted octanol–water partition coefficient (Wildman–Crippen LogP) is 2.35. The number of hydrogen-bond donors (Lipinski definition) is 1. The third-order valence-electron chi connectivity index (χ3n) is 3.44. The highest BCUT2D eigenvalue weighted by Gasteiger charge is 2.28. The molecular weight excluding hydrogens is 218 g/mol. The molecule has 1 aromatic rings. The molecular formula is C13H17NO3. The molecule has 0 amide bonds. The lowest BCUT2D eigenvalue weighted by molar-refractivity contribution is -0.141. The number of hydrogen-bond acceptors (Lipinski definition) is 2. The van der Waals surface area contributed by atoms with Gasteiger partial charge in [0.2, 0.25) is 0 Å². The molecule has 1 aromatic heterocycles. The summed E-state index contributed by atoms with van der Waals surface area (Å²) in [7, 11) is 0. The molecule has 1 aliphatic carbocycles. The molecule has 1 unspecified atom stereocenters. The summed E-state index contributed by atoms with van der Waals surface area (Å²) in [6.07, 6.45) is 2.75. The van der Waals surface area contributed by atoms with E-state index in [0.29, 0.717) is 12.8 Å². The van der Waals surface area contributed by atoms with E-state index >= 15 is 0 Å². The Morgan fingerprint density at radius 2 is 2.24 bits per heavy atom. The summed E-state index contributed by atoms with van der Waals surface area (Å²) in [6.45, 7) is 3.73. The van der Waals surface area contributed by atoms with Crippen LogP contribution >= 0.6 is 0 Å². The molecule has 0 aliphatic heterocycles. The lowest BCUT2D eigenvalue weighted by atomic mass is 9.96. The smallest absolute Gasteiger partial charge is 0.326 e. The van der Waals surface area contributed by atoms with E-state index in [1.807, 2.05) is 24.5 Å². The number of aryl methyl sites for hydroxylation is 1. The van der Waals surface area contributed by atoms with Crippen LogP contribution in [0.15, 0.2) is 6.07 Å². The molecule has 0 saturated carbocycles. The van der Waals surface area contributed by atoms with Crippen LogP contribution in [0.2, 0.25) is 0 Å². The quantitative estimate of drug-likeness (QED) is 0.874. The van der Waals surface area contributed by atoms with E-state index in [1.54, 1.807) is 0 Å². The number of Topliss-reactive ketones (excluding diaryl/α,β-unsaturated/α-hetero) is 1. The summed E-state index contributed by atoms with van der Waals surface area (Å²) in [5.74, 6) is -0.680. The van der Waals surface area contributed by atoms with Crippen LogP contribution < -0.4 is 0 Å². The van der Waals surface area contributed by atoms with Crippen molar-refractivity contribution in [2.24, 2.45) is 0 Å². The molecule has 4 heteroatoms. The standard InChI is InChI=1S/C13H17NO3/c1-3-10(13(16)17)14-8(2)7-9-11(14)5-4-6-12(9)15/h7,10H,3-6H2,1-2H3,(H,16,17). The first-order valence-electron chi connectivity index (χ1n) is 6.03. The normalized spacial score (nSPS) is 16.7. The Kier molecular flexibility index (Phi) is 3.05. The Labute approximate surface area is 100 Å². The molecule has 0 radical (unpaired) electrons. The Hall–Kier alpha value is -1.58. The van der Waals surface area contributed by atoms with Crippen LogP contribution in [0, 0.1) is 6.92 Å². The number of aromatic nitrogens is 1. The van der Waals surface area contributed by atoms with Gasteiger partial charge >= 0.3 is 5.97 Å². The molecule has 1 aliphatic rings. The maximum Gasteiger partial charge on any atom is 0.326 e. The second kappa shape index (κ2) is 4.35. The van der Waals surface area contributed by atoms with Crippen molar-refractivity contribution in [3.8, 4) is 0 Å². The van der Waals surface area contributed by atoms with Gasteiger partial charge in [0.1, 0.15) is 6.04 Å². The first-order valence-corrected chi connectivity index (χ1v) is 6.03. The molecule has 0 bridgehead atoms. The van der Waals surface area contributed by atoms with Gasteiger partial charge in [0.25, 0.3) is 0 Å². The number of nitrogens with zero attached hydrogens (tertiary/aromatic N) is 1. The number of carboxylic acids is 1. The average molecular weight is 235 g/mol. The van der Waals surface area contributed by atoms with E-state index < -0.39 is 12.0 Å². The van der Waals surface area contributed by atoms with Gasteiger partial charge < -0.3 is 9.67 Å². The van der Waals surface area contributed by atoms with Crippen molar-refractivity contribution >= 4 is 11.8 Å². The molecule has 4 nitrogen and oxygen atoms in total. The molecule has 0 saturated heterocycles. The number of rotatable bonds is 3. The molecule has 1 N–H and O–H groups in total. The highest BCUT2D eigenvalue weighted by atomic mass is 16.4. The monoisotopic (exact) mass is 235 g/mol. The Balaban J connectivity index is 2.54. The Morgan fingerprint density at radius 3 is 2.82 bits per heavy atom. The fraction of sp³-hybridized carbons (Fsp3) is 0.538. The van der Waals surface area contributed by atoms with E-state index in [2.05, 4.69) is 0 Å². The van der Waals surface area contributed by atoms with Crippen molar-refractivity contribution in [3.63, 3.8) is 0 Å². The summed E-state index contributed by atoms with van der Waals surface area (Å²) in [6, 6.07) is 1.28. The SMILES string of the molecule is CCC(C(=O)O)n1c(C)cc2c1CCCC2=O. The van der Waals surface area contributed by atoms with E-state index in [1.165, 1.54) is 0 Å². The maximum absolute atomic E-state index is 11.8. The van der Waals surface area contributed by atoms with Crippen LogP contribution in [-0.4, -0.2) is 21.4 Å². The van der Waals surface area contributed by atoms with E-state index in [9.17, 15) is 14.7 Å². The van der Waals surface area contributed by atoms with Crippen molar-refractivity contribution in [1.29, 1.82) is 0 Å². The summed E-state index contributed by atoms with van der Waals surface area (Å²) in [5, 5.41) is 9.23. The number of ketones is 1. The van der Waals surface area contributed by atoms with Gasteiger partial charge in [0.15, 0.2) is 5.78 Å². The number of carboxylic acid groups (broad SMARTS) is 1. The molecule has 0 aromatic carbocycles. The minimum atomic E-state index is -0.827. The van der Waals surface area contributed by atoms with Crippen molar-refractivity contribution < 1.29 is 14.7 Å². The number of carbonyl (C=O) groups excluding carboxylic acids is 1. The minimum absolute atomic E-state index is 0.147. The van der Waals surface area contributed by atoms with Gasteiger partial charge in [-0.05, 0) is 32.3 Å². The van der Waals surface area contributed by atoms with Crippen LogP contribution in [0.5, 0.6) is 0 Å². The van der Waals surface area contributed by atoms with Crippen LogP contribution in [-0.2, 0) is 11.2 Å². The molecule has 0 spiro atoms. The van der Waals surface area contributed by atoms with Crippen LogP contribution in [0.4, 0.5) is 0 Å². The zero-order valence-corrected chi connectivity index (χ0v) is 10.2. The van der Waals surface area contributed by atoms with E-state index in [4.69, 9.17) is 0 Å². The third kappa shape index (κ3) is 1.88. The summed E-state index contributed by atoms with van der Waals surface area (Å²) in [5.41, 5.74) is 2.51. The zero-order valence-electron chi connectivity index (χ0n) is 10.2. The highest BCUT2D eigenvalue weighted by molar-refractivity contribution is 5.98. The van der Waals surface area contributed by atoms with E-state index in [0.717, 1.165) is 29.8 Å². The second-order valence-electron chi connectivity index (χ2n) is 4.56. The van der Waals surface area contributed by atoms with Gasteiger partial charge in [0, 0.05) is 23.4 Å². The van der Waals surface area contributed by atoms with Crippen molar-refractivity contribution in [2.45, 2.75) is 45.6 Å². The highest BCUT2D eigenvalue weighted by Crippen LogP contribution is 2.29. The zero-order chi connectivity index (χ0) is 12.6. The third-order valence-corrected chi connectivity index (χ3v) is 3.44. The largest absolute Gasteiger partial charge is 0.480 e. The van der Waals surface area contributed by atoms with Gasteiger partial charge in [-0.3, -0.25) is 4.79 Å². The fourth-order valence-corrected chi connectivity index (χ4v) is 2.65. The summed E-state index contributed by atoms with van der Waals surface area (Å²) >= 11 is 0.